The van der Waals surface area contributed by atoms with Crippen LogP contribution in [-0.4, -0.2) is 3.71 Å². The molecule has 0 bridgehead atoms. The van der Waals surface area contributed by atoms with Gasteiger partial charge in [-0.25, -0.2) is 12.2 Å². The summed E-state index contributed by atoms with van der Waals surface area (Å²) in [6.45, 7) is 13.6. The van der Waals surface area contributed by atoms with Crippen LogP contribution in [0.1, 0.15) is 64.7 Å². The SMILES string of the molecule is CC(C)(C)c1ccc2c(c1)[cH-]c1cc(C(C)(C)C)ccc12.[C-]1=CC=CC1.[Zr+2]=[CH]c1ccccc1. The number of benzene rings is 3. The van der Waals surface area contributed by atoms with Gasteiger partial charge in [0.1, 0.15) is 0 Å². The average molecular weight is 524 g/mol. The normalized spacial score (nSPS) is 12.8. The number of hydrogen-bond donors (Lipinski definition) is 0. The van der Waals surface area contributed by atoms with Crippen molar-refractivity contribution in [3.8, 4) is 0 Å². The molecule has 0 N–H and O–H groups in total. The van der Waals surface area contributed by atoms with Crippen LogP contribution in [0.25, 0.3) is 21.5 Å². The maximum atomic E-state index is 2.99. The Hall–Kier alpha value is -2.24. The van der Waals surface area contributed by atoms with Crippen LogP contribution in [0.2, 0.25) is 0 Å². The number of rotatable bonds is 1. The van der Waals surface area contributed by atoms with Gasteiger partial charge in [-0.05, 0) is 10.8 Å². The second kappa shape index (κ2) is 11.5. The van der Waals surface area contributed by atoms with Crippen LogP contribution in [-0.2, 0) is 35.1 Å². The molecular formula is C33H36Zr. The predicted molar refractivity (Wildman–Crippen MR) is 148 cm³/mol. The van der Waals surface area contributed by atoms with Crippen molar-refractivity contribution in [2.75, 3.05) is 0 Å². The monoisotopic (exact) mass is 522 g/mol. The first-order valence-corrected chi connectivity index (χ1v) is 13.4. The van der Waals surface area contributed by atoms with E-state index in [4.69, 9.17) is 0 Å². The van der Waals surface area contributed by atoms with Gasteiger partial charge in [0.15, 0.2) is 0 Å². The van der Waals surface area contributed by atoms with E-state index in [1.54, 1.807) is 0 Å². The quantitative estimate of drug-likeness (QED) is 0.218. The van der Waals surface area contributed by atoms with Crippen molar-refractivity contribution in [3.05, 3.63) is 114 Å². The molecule has 0 unspecified atom stereocenters. The second-order valence-corrected chi connectivity index (χ2v) is 11.5. The van der Waals surface area contributed by atoms with Gasteiger partial charge in [-0.15, -0.1) is 46.2 Å². The van der Waals surface area contributed by atoms with Crippen molar-refractivity contribution >= 4 is 25.3 Å². The molecule has 0 atom stereocenters. The molecular weight excluding hydrogens is 488 g/mol. The van der Waals surface area contributed by atoms with Crippen molar-refractivity contribution in [3.63, 3.8) is 0 Å². The molecule has 172 valence electrons. The van der Waals surface area contributed by atoms with Gasteiger partial charge in [0.05, 0.1) is 0 Å². The van der Waals surface area contributed by atoms with E-state index >= 15 is 0 Å². The van der Waals surface area contributed by atoms with Gasteiger partial charge in [-0.3, -0.25) is 6.08 Å². The summed E-state index contributed by atoms with van der Waals surface area (Å²) in [6.07, 6.45) is 10.0. The van der Waals surface area contributed by atoms with Crippen molar-refractivity contribution in [1.82, 2.24) is 0 Å². The van der Waals surface area contributed by atoms with Crippen molar-refractivity contribution < 1.29 is 24.2 Å². The van der Waals surface area contributed by atoms with E-state index in [1.807, 2.05) is 18.2 Å². The molecule has 5 rings (SSSR count). The first kappa shape index (κ1) is 26.4. The maximum absolute atomic E-state index is 2.99. The molecule has 0 aliphatic heterocycles. The molecule has 1 aliphatic carbocycles. The van der Waals surface area contributed by atoms with Gasteiger partial charge in [-0.2, -0.15) is 6.08 Å². The van der Waals surface area contributed by atoms with Gasteiger partial charge in [0.2, 0.25) is 0 Å². The van der Waals surface area contributed by atoms with Crippen molar-refractivity contribution in [1.29, 1.82) is 0 Å². The van der Waals surface area contributed by atoms with E-state index in [0.29, 0.717) is 0 Å². The summed E-state index contributed by atoms with van der Waals surface area (Å²) in [4.78, 5) is 0. The molecule has 0 saturated carbocycles. The summed E-state index contributed by atoms with van der Waals surface area (Å²) in [5, 5.41) is 5.48. The molecule has 0 radical (unpaired) electrons. The minimum atomic E-state index is 0.203. The summed E-state index contributed by atoms with van der Waals surface area (Å²) >= 11 is 1.46. The Bertz CT molecular complexity index is 1210. The summed E-state index contributed by atoms with van der Waals surface area (Å²) in [6, 6.07) is 26.5. The van der Waals surface area contributed by atoms with Crippen LogP contribution < -0.4 is 0 Å². The molecule has 4 aromatic rings. The fourth-order valence-corrected chi connectivity index (χ4v) is 4.32. The Kier molecular flexibility index (Phi) is 8.89. The Morgan fingerprint density at radius 2 is 1.29 bits per heavy atom. The zero-order chi connectivity index (χ0) is 24.8. The van der Waals surface area contributed by atoms with E-state index < -0.39 is 0 Å². The number of fused-ring (bicyclic) bond motifs is 3. The third-order valence-corrected chi connectivity index (χ3v) is 6.81. The predicted octanol–water partition coefficient (Wildman–Crippen LogP) is 9.00. The molecule has 0 aromatic heterocycles. The standard InChI is InChI=1S/C21H25.C7H6.C5H5.Zr/c1-20(2,3)16-7-9-18-14(12-16)11-15-13-17(21(4,5)6)8-10-19(15)18;1-7-5-3-2-4-6-7;1-2-4-5-3-1;/h7-13H,1-6H3;1-6H;1-3H,4H2;/q-1;;-1;+2. The second-order valence-electron chi connectivity index (χ2n) is 10.8. The van der Waals surface area contributed by atoms with E-state index in [0.717, 1.165) is 6.42 Å². The molecule has 0 spiro atoms. The molecule has 1 heteroatoms. The Morgan fingerprint density at radius 1 is 0.765 bits per heavy atom. The minimum absolute atomic E-state index is 0.203. The molecule has 4 aromatic carbocycles. The van der Waals surface area contributed by atoms with Crippen molar-refractivity contribution in [2.45, 2.75) is 58.8 Å². The summed E-state index contributed by atoms with van der Waals surface area (Å²) in [7, 11) is 0. The summed E-state index contributed by atoms with van der Waals surface area (Å²) < 4.78 is 2.17. The molecule has 0 heterocycles. The van der Waals surface area contributed by atoms with E-state index in [9.17, 15) is 0 Å². The van der Waals surface area contributed by atoms with Crippen LogP contribution in [0.4, 0.5) is 0 Å². The molecule has 1 aliphatic rings. The van der Waals surface area contributed by atoms with Crippen LogP contribution >= 0.6 is 0 Å². The first-order valence-electron chi connectivity index (χ1n) is 12.0. The summed E-state index contributed by atoms with van der Waals surface area (Å²) in [5.74, 6) is 0. The fourth-order valence-electron chi connectivity index (χ4n) is 3.84. The van der Waals surface area contributed by atoms with Gasteiger partial charge in [0, 0.05) is 0 Å². The zero-order valence-corrected chi connectivity index (χ0v) is 23.9. The zero-order valence-electron chi connectivity index (χ0n) is 21.4. The molecule has 0 saturated heterocycles. The van der Waals surface area contributed by atoms with E-state index in [-0.39, 0.29) is 10.8 Å². The summed E-state index contributed by atoms with van der Waals surface area (Å²) in [5.41, 5.74) is 4.54. The van der Waals surface area contributed by atoms with Crippen LogP contribution in [0.5, 0.6) is 0 Å². The topological polar surface area (TPSA) is 0 Å². The van der Waals surface area contributed by atoms with Gasteiger partial charge >= 0.3 is 63.8 Å². The van der Waals surface area contributed by atoms with Crippen LogP contribution in [0, 0.1) is 6.08 Å². The number of hydrogen-bond acceptors (Lipinski definition) is 0. The van der Waals surface area contributed by atoms with E-state index in [2.05, 4.69) is 124 Å². The molecule has 0 amide bonds. The van der Waals surface area contributed by atoms with Gasteiger partial charge in [0.25, 0.3) is 0 Å². The van der Waals surface area contributed by atoms with Gasteiger partial charge < -0.3 is 0 Å². The Labute approximate surface area is 221 Å². The molecule has 0 fully saturated rings. The van der Waals surface area contributed by atoms with Crippen molar-refractivity contribution in [2.24, 2.45) is 0 Å². The molecule has 34 heavy (non-hydrogen) atoms. The third-order valence-electron chi connectivity index (χ3n) is 5.99. The van der Waals surface area contributed by atoms with Crippen LogP contribution in [0.15, 0.2) is 91.0 Å². The number of allylic oxidation sites excluding steroid dienone is 4. The van der Waals surface area contributed by atoms with E-state index in [1.165, 1.54) is 62.5 Å². The van der Waals surface area contributed by atoms with Gasteiger partial charge in [-0.1, -0.05) is 76.9 Å². The Balaban J connectivity index is 0.000000202. The fraction of sp³-hybridized carbons (Fsp3) is 0.273. The Morgan fingerprint density at radius 3 is 1.62 bits per heavy atom. The van der Waals surface area contributed by atoms with Crippen LogP contribution in [0.3, 0.4) is 0 Å². The average Bonchev–Trinajstić information content (AvgIpc) is 3.49. The third kappa shape index (κ3) is 7.13. The molecule has 0 nitrogen and oxygen atoms in total. The first-order chi connectivity index (χ1) is 16.1.